The first kappa shape index (κ1) is 13.7. The number of rotatable bonds is 4. The number of ether oxygens (including phenoxy) is 1. The third-order valence-electron chi connectivity index (χ3n) is 2.60. The molecule has 2 amide bonds. The molecule has 1 fully saturated rings. The number of carbonyl (C=O) groups is 2. The van der Waals surface area contributed by atoms with Gasteiger partial charge in [-0.05, 0) is 19.9 Å². The van der Waals surface area contributed by atoms with Gasteiger partial charge in [-0.2, -0.15) is 0 Å². The number of nitrogens with zero attached hydrogens (tertiary/aromatic N) is 1. The lowest BCUT2D eigenvalue weighted by Gasteiger charge is -2.35. The van der Waals surface area contributed by atoms with Crippen LogP contribution in [0.1, 0.15) is 20.3 Å². The molecule has 0 saturated carbocycles. The quantitative estimate of drug-likeness (QED) is 0.720. The van der Waals surface area contributed by atoms with Gasteiger partial charge in [-0.15, -0.1) is 0 Å². The van der Waals surface area contributed by atoms with E-state index in [0.717, 1.165) is 0 Å². The summed E-state index contributed by atoms with van der Waals surface area (Å²) in [7, 11) is 0. The molecule has 0 unspecified atom stereocenters. The Labute approximate surface area is 102 Å². The van der Waals surface area contributed by atoms with Crippen molar-refractivity contribution in [2.24, 2.45) is 0 Å². The number of carbonyl (C=O) groups excluding carboxylic acids is 2. The van der Waals surface area contributed by atoms with Crippen LogP contribution < -0.4 is 5.32 Å². The van der Waals surface area contributed by atoms with Crippen molar-refractivity contribution in [2.45, 2.75) is 32.5 Å². The van der Waals surface area contributed by atoms with E-state index in [1.54, 1.807) is 4.90 Å². The highest BCUT2D eigenvalue weighted by atomic mass is 16.5. The molecule has 5 nitrogen and oxygen atoms in total. The lowest BCUT2D eigenvalue weighted by atomic mass is 10.2. The van der Waals surface area contributed by atoms with Gasteiger partial charge < -0.3 is 15.0 Å². The average molecular weight is 240 g/mol. The number of hydrogen-bond donors (Lipinski definition) is 1. The minimum absolute atomic E-state index is 0.0522. The molecule has 0 radical (unpaired) electrons. The number of morpholine rings is 1. The van der Waals surface area contributed by atoms with Gasteiger partial charge in [-0.1, -0.05) is 6.58 Å². The van der Waals surface area contributed by atoms with Crippen LogP contribution in [0.15, 0.2) is 12.7 Å². The molecule has 1 saturated heterocycles. The van der Waals surface area contributed by atoms with E-state index < -0.39 is 0 Å². The average Bonchev–Trinajstić information content (AvgIpc) is 2.27. The number of hydrogen-bond acceptors (Lipinski definition) is 3. The summed E-state index contributed by atoms with van der Waals surface area (Å²) in [5.41, 5.74) is 0. The standard InChI is InChI=1S/C12H20N2O3/c1-4-11(15)13-6-5-12(16)14-7-9(2)17-10(3)8-14/h4,9-10H,1,5-8H2,2-3H3,(H,13,15)/t9-,10+. The third kappa shape index (κ3) is 4.56. The first-order valence-electron chi connectivity index (χ1n) is 5.86. The maximum Gasteiger partial charge on any atom is 0.243 e. The van der Waals surface area contributed by atoms with Crippen molar-refractivity contribution in [1.82, 2.24) is 10.2 Å². The van der Waals surface area contributed by atoms with Gasteiger partial charge in [-0.3, -0.25) is 9.59 Å². The Morgan fingerprint density at radius 2 is 2.00 bits per heavy atom. The molecule has 0 aromatic rings. The highest BCUT2D eigenvalue weighted by molar-refractivity contribution is 5.87. The molecule has 0 bridgehead atoms. The van der Waals surface area contributed by atoms with E-state index in [1.165, 1.54) is 6.08 Å². The summed E-state index contributed by atoms with van der Waals surface area (Å²) in [6, 6.07) is 0. The molecule has 0 aliphatic carbocycles. The van der Waals surface area contributed by atoms with Crippen LogP contribution in [0, 0.1) is 0 Å². The van der Waals surface area contributed by atoms with Gasteiger partial charge in [0.2, 0.25) is 11.8 Å². The minimum Gasteiger partial charge on any atom is -0.372 e. The monoisotopic (exact) mass is 240 g/mol. The molecule has 96 valence electrons. The summed E-state index contributed by atoms with van der Waals surface area (Å²) in [4.78, 5) is 24.5. The Morgan fingerprint density at radius 3 is 2.53 bits per heavy atom. The van der Waals surface area contributed by atoms with Crippen molar-refractivity contribution >= 4 is 11.8 Å². The van der Waals surface area contributed by atoms with E-state index >= 15 is 0 Å². The van der Waals surface area contributed by atoms with Gasteiger partial charge >= 0.3 is 0 Å². The predicted octanol–water partition coefficient (Wildman–Crippen LogP) is 0.314. The third-order valence-corrected chi connectivity index (χ3v) is 2.60. The molecule has 0 aromatic carbocycles. The summed E-state index contributed by atoms with van der Waals surface area (Å²) in [5.74, 6) is -0.196. The van der Waals surface area contributed by atoms with Gasteiger partial charge in [0.05, 0.1) is 12.2 Å². The van der Waals surface area contributed by atoms with Crippen LogP contribution >= 0.6 is 0 Å². The molecule has 0 aromatic heterocycles. The van der Waals surface area contributed by atoms with E-state index in [4.69, 9.17) is 4.74 Å². The van der Waals surface area contributed by atoms with E-state index in [1.807, 2.05) is 13.8 Å². The molecular formula is C12H20N2O3. The smallest absolute Gasteiger partial charge is 0.243 e. The maximum atomic E-state index is 11.9. The van der Waals surface area contributed by atoms with Crippen molar-refractivity contribution in [3.8, 4) is 0 Å². The van der Waals surface area contributed by atoms with Crippen molar-refractivity contribution in [3.05, 3.63) is 12.7 Å². The SMILES string of the molecule is C=CC(=O)NCCC(=O)N1C[C@@H](C)O[C@@H](C)C1. The van der Waals surface area contributed by atoms with Crippen molar-refractivity contribution in [2.75, 3.05) is 19.6 Å². The van der Waals surface area contributed by atoms with Crippen molar-refractivity contribution in [3.63, 3.8) is 0 Å². The van der Waals surface area contributed by atoms with Gasteiger partial charge in [0.15, 0.2) is 0 Å². The molecule has 0 spiro atoms. The fourth-order valence-corrected chi connectivity index (χ4v) is 1.90. The Hall–Kier alpha value is -1.36. The van der Waals surface area contributed by atoms with Crippen LogP contribution in [-0.2, 0) is 14.3 Å². The summed E-state index contributed by atoms with van der Waals surface area (Å²) in [5, 5.41) is 2.59. The molecule has 1 aliphatic rings. The molecule has 2 atom stereocenters. The topological polar surface area (TPSA) is 58.6 Å². The Balaban J connectivity index is 2.31. The highest BCUT2D eigenvalue weighted by Crippen LogP contribution is 2.11. The van der Waals surface area contributed by atoms with Crippen LogP contribution in [0.2, 0.25) is 0 Å². The molecule has 1 heterocycles. The Morgan fingerprint density at radius 1 is 1.41 bits per heavy atom. The van der Waals surface area contributed by atoms with Crippen LogP contribution in [-0.4, -0.2) is 48.6 Å². The van der Waals surface area contributed by atoms with Gasteiger partial charge in [0.1, 0.15) is 0 Å². The summed E-state index contributed by atoms with van der Waals surface area (Å²) in [6.45, 7) is 8.85. The highest BCUT2D eigenvalue weighted by Gasteiger charge is 2.25. The van der Waals surface area contributed by atoms with E-state index in [0.29, 0.717) is 26.1 Å². The molecule has 1 rings (SSSR count). The largest absolute Gasteiger partial charge is 0.372 e. The fourth-order valence-electron chi connectivity index (χ4n) is 1.90. The maximum absolute atomic E-state index is 11.9. The molecule has 1 N–H and O–H groups in total. The first-order valence-corrected chi connectivity index (χ1v) is 5.86. The summed E-state index contributed by atoms with van der Waals surface area (Å²) >= 11 is 0. The number of nitrogens with one attached hydrogen (secondary N) is 1. The number of amides is 2. The predicted molar refractivity (Wildman–Crippen MR) is 64.4 cm³/mol. The van der Waals surface area contributed by atoms with E-state index in [-0.39, 0.29) is 24.0 Å². The zero-order chi connectivity index (χ0) is 12.8. The second-order valence-electron chi connectivity index (χ2n) is 4.30. The lowest BCUT2D eigenvalue weighted by molar-refractivity contribution is -0.143. The summed E-state index contributed by atoms with van der Waals surface area (Å²) in [6.07, 6.45) is 1.67. The van der Waals surface area contributed by atoms with Gasteiger partial charge in [0.25, 0.3) is 0 Å². The minimum atomic E-state index is -0.249. The van der Waals surface area contributed by atoms with Crippen LogP contribution in [0.25, 0.3) is 0 Å². The Kier molecular flexibility index (Phi) is 5.15. The second kappa shape index (κ2) is 6.39. The van der Waals surface area contributed by atoms with Crippen LogP contribution in [0.3, 0.4) is 0 Å². The molecular weight excluding hydrogens is 220 g/mol. The summed E-state index contributed by atoms with van der Waals surface area (Å²) < 4.78 is 5.55. The van der Waals surface area contributed by atoms with Crippen LogP contribution in [0.5, 0.6) is 0 Å². The fraction of sp³-hybridized carbons (Fsp3) is 0.667. The Bertz CT molecular complexity index is 294. The van der Waals surface area contributed by atoms with Crippen molar-refractivity contribution in [1.29, 1.82) is 0 Å². The van der Waals surface area contributed by atoms with Crippen molar-refractivity contribution < 1.29 is 14.3 Å². The van der Waals surface area contributed by atoms with E-state index in [9.17, 15) is 9.59 Å². The zero-order valence-corrected chi connectivity index (χ0v) is 10.4. The molecule has 1 aliphatic heterocycles. The zero-order valence-electron chi connectivity index (χ0n) is 10.4. The second-order valence-corrected chi connectivity index (χ2v) is 4.30. The molecule has 17 heavy (non-hydrogen) atoms. The normalized spacial score (nSPS) is 24.2. The van der Waals surface area contributed by atoms with E-state index in [2.05, 4.69) is 11.9 Å². The van der Waals surface area contributed by atoms with Crippen LogP contribution in [0.4, 0.5) is 0 Å². The molecule has 5 heteroatoms. The first-order chi connectivity index (χ1) is 8.02. The lowest BCUT2D eigenvalue weighted by Crippen LogP contribution is -2.48. The van der Waals surface area contributed by atoms with Gasteiger partial charge in [-0.25, -0.2) is 0 Å². The van der Waals surface area contributed by atoms with Gasteiger partial charge in [0, 0.05) is 26.1 Å².